The zero-order valence-electron chi connectivity index (χ0n) is 19.0. The molecule has 1 aromatic heterocycles. The van der Waals surface area contributed by atoms with Gasteiger partial charge in [-0.1, -0.05) is 44.2 Å². The normalized spacial score (nSPS) is 10.9. The lowest BCUT2D eigenvalue weighted by Gasteiger charge is -2.09. The summed E-state index contributed by atoms with van der Waals surface area (Å²) in [6.07, 6.45) is 1.79. The van der Waals surface area contributed by atoms with E-state index in [2.05, 4.69) is 19.9 Å². The summed E-state index contributed by atoms with van der Waals surface area (Å²) in [6.45, 7) is 5.02. The fourth-order valence-electron chi connectivity index (χ4n) is 3.63. The topological polar surface area (TPSA) is 70.8 Å². The van der Waals surface area contributed by atoms with Crippen molar-refractivity contribution in [1.82, 2.24) is 4.90 Å². The van der Waals surface area contributed by atoms with Crippen LogP contribution in [0.3, 0.4) is 0 Å². The Morgan fingerprint density at radius 3 is 2.19 bits per heavy atom. The molecule has 3 aromatic carbocycles. The molecule has 1 heterocycles. The maximum atomic E-state index is 12.6. The zero-order chi connectivity index (χ0) is 23.3. The molecule has 0 aliphatic heterocycles. The number of para-hydroxylation sites is 1. The van der Waals surface area contributed by atoms with Crippen molar-refractivity contribution in [3.05, 3.63) is 93.1 Å². The number of nitrogens with zero attached hydrogens (tertiary/aromatic N) is 1. The highest BCUT2D eigenvalue weighted by Crippen LogP contribution is 2.24. The molecule has 0 fully saturated rings. The molecule has 166 valence electrons. The van der Waals surface area contributed by atoms with Crippen LogP contribution in [0.1, 0.15) is 40.9 Å². The Morgan fingerprint density at radius 2 is 1.59 bits per heavy atom. The van der Waals surface area contributed by atoms with Crippen molar-refractivity contribution in [3.8, 4) is 0 Å². The third kappa shape index (κ3) is 5.24. The van der Waals surface area contributed by atoms with E-state index in [4.69, 9.17) is 9.52 Å². The minimum absolute atomic E-state index is 0.0712. The summed E-state index contributed by atoms with van der Waals surface area (Å²) in [5.41, 5.74) is 5.23. The first-order chi connectivity index (χ1) is 15.3. The number of rotatable bonds is 5. The van der Waals surface area contributed by atoms with E-state index in [1.165, 1.54) is 5.56 Å². The Labute approximate surface area is 187 Å². The molecule has 0 aliphatic carbocycles. The number of carbonyl (C=O) groups is 1. The van der Waals surface area contributed by atoms with E-state index in [9.17, 15) is 9.59 Å². The van der Waals surface area contributed by atoms with Gasteiger partial charge in [0.1, 0.15) is 11.2 Å². The van der Waals surface area contributed by atoms with E-state index in [1.54, 1.807) is 12.1 Å². The van der Waals surface area contributed by atoms with Crippen molar-refractivity contribution in [3.63, 3.8) is 0 Å². The summed E-state index contributed by atoms with van der Waals surface area (Å²) < 4.78 is 5.95. The molecule has 0 saturated carbocycles. The highest BCUT2D eigenvalue weighted by atomic mass is 16.4. The minimum atomic E-state index is -0.878. The largest absolute Gasteiger partial charge is 0.478 e. The van der Waals surface area contributed by atoms with Crippen molar-refractivity contribution >= 4 is 27.9 Å². The van der Waals surface area contributed by atoms with Crippen LogP contribution in [-0.4, -0.2) is 30.1 Å². The lowest BCUT2D eigenvalue weighted by Crippen LogP contribution is -2.10. The molecule has 0 spiro atoms. The predicted molar refractivity (Wildman–Crippen MR) is 130 cm³/mol. The van der Waals surface area contributed by atoms with Gasteiger partial charge in [0, 0.05) is 6.54 Å². The molecule has 0 radical (unpaired) electrons. The van der Waals surface area contributed by atoms with Crippen LogP contribution in [0.25, 0.3) is 21.9 Å². The average molecular weight is 432 g/mol. The summed E-state index contributed by atoms with van der Waals surface area (Å²) in [4.78, 5) is 25.1. The van der Waals surface area contributed by atoms with Gasteiger partial charge in [-0.25, -0.2) is 4.79 Å². The van der Waals surface area contributed by atoms with Gasteiger partial charge < -0.3 is 14.4 Å². The Bertz CT molecular complexity index is 1290. The summed E-state index contributed by atoms with van der Waals surface area (Å²) >= 11 is 0. The molecule has 0 aliphatic rings. The number of carboxylic acid groups (broad SMARTS) is 1. The molecule has 1 N–H and O–H groups in total. The molecule has 0 atom stereocenters. The molecule has 0 saturated heterocycles. The predicted octanol–water partition coefficient (Wildman–Crippen LogP) is 5.52. The number of hydrogen-bond acceptors (Lipinski definition) is 4. The van der Waals surface area contributed by atoms with Crippen LogP contribution < -0.4 is 5.43 Å². The van der Waals surface area contributed by atoms with Crippen molar-refractivity contribution in [2.45, 2.75) is 33.2 Å². The number of benzene rings is 3. The smallest absolute Gasteiger partial charge is 0.335 e. The van der Waals surface area contributed by atoms with E-state index in [1.807, 2.05) is 61.5 Å². The number of fused-ring (bicyclic) bond motifs is 2. The van der Waals surface area contributed by atoms with E-state index in [0.29, 0.717) is 21.9 Å². The Morgan fingerprint density at radius 1 is 0.906 bits per heavy atom. The minimum Gasteiger partial charge on any atom is -0.478 e. The SMILES string of the molecule is CCc1cc(CC)c2oc3ccccc3c(=O)c2c1.CN(C)Cc1ccc(C(=O)O)cc1. The van der Waals surface area contributed by atoms with Gasteiger partial charge in [-0.2, -0.15) is 0 Å². The first kappa shape index (κ1) is 23.2. The van der Waals surface area contributed by atoms with Gasteiger partial charge in [-0.15, -0.1) is 0 Å². The third-order valence-corrected chi connectivity index (χ3v) is 5.30. The molecule has 5 nitrogen and oxygen atoms in total. The molecule has 5 heteroatoms. The summed E-state index contributed by atoms with van der Waals surface area (Å²) in [5, 5.41) is 10.0. The van der Waals surface area contributed by atoms with Crippen LogP contribution in [0.4, 0.5) is 0 Å². The van der Waals surface area contributed by atoms with Crippen LogP contribution >= 0.6 is 0 Å². The number of aryl methyl sites for hydroxylation is 2. The lowest BCUT2D eigenvalue weighted by molar-refractivity contribution is 0.0697. The molecule has 0 amide bonds. The monoisotopic (exact) mass is 431 g/mol. The number of carboxylic acids is 1. The first-order valence-corrected chi connectivity index (χ1v) is 10.8. The van der Waals surface area contributed by atoms with Gasteiger partial charge in [0.05, 0.1) is 16.3 Å². The van der Waals surface area contributed by atoms with Crippen molar-refractivity contribution in [2.75, 3.05) is 14.1 Å². The van der Waals surface area contributed by atoms with Crippen LogP contribution in [0.15, 0.2) is 69.9 Å². The van der Waals surface area contributed by atoms with Gasteiger partial charge in [-0.05, 0) is 74.0 Å². The van der Waals surface area contributed by atoms with Crippen LogP contribution in [0, 0.1) is 0 Å². The third-order valence-electron chi connectivity index (χ3n) is 5.30. The van der Waals surface area contributed by atoms with Crippen LogP contribution in [0.2, 0.25) is 0 Å². The second kappa shape index (κ2) is 10.2. The Kier molecular flexibility index (Phi) is 7.44. The fraction of sp³-hybridized carbons (Fsp3) is 0.259. The summed E-state index contributed by atoms with van der Waals surface area (Å²) in [6, 6.07) is 18.5. The number of hydrogen-bond donors (Lipinski definition) is 1. The molecule has 0 unspecified atom stereocenters. The highest BCUT2D eigenvalue weighted by molar-refractivity contribution is 5.91. The highest BCUT2D eigenvalue weighted by Gasteiger charge is 2.11. The average Bonchev–Trinajstić information content (AvgIpc) is 2.79. The molecule has 4 aromatic rings. The van der Waals surface area contributed by atoms with Gasteiger partial charge in [0.2, 0.25) is 5.43 Å². The maximum Gasteiger partial charge on any atom is 0.335 e. The second-order valence-electron chi connectivity index (χ2n) is 8.01. The van der Waals surface area contributed by atoms with Gasteiger partial charge in [-0.3, -0.25) is 4.79 Å². The van der Waals surface area contributed by atoms with Crippen LogP contribution in [-0.2, 0) is 19.4 Å². The van der Waals surface area contributed by atoms with E-state index >= 15 is 0 Å². The summed E-state index contributed by atoms with van der Waals surface area (Å²) in [5.74, 6) is -0.878. The first-order valence-electron chi connectivity index (χ1n) is 10.8. The summed E-state index contributed by atoms with van der Waals surface area (Å²) in [7, 11) is 3.95. The van der Waals surface area contributed by atoms with Crippen molar-refractivity contribution in [2.24, 2.45) is 0 Å². The van der Waals surface area contributed by atoms with E-state index in [-0.39, 0.29) is 5.43 Å². The standard InChI is InChI=1S/C17H16O2.C10H13NO2/c1-3-11-9-12(4-2)17-14(10-11)16(18)13-7-5-6-8-15(13)19-17;1-11(2)7-8-3-5-9(6-4-8)10(12)13/h5-10H,3-4H2,1-2H3;3-6H,7H2,1-2H3,(H,12,13). The Hall–Kier alpha value is -3.44. The van der Waals surface area contributed by atoms with Gasteiger partial charge >= 0.3 is 5.97 Å². The zero-order valence-corrected chi connectivity index (χ0v) is 19.0. The molecule has 0 bridgehead atoms. The van der Waals surface area contributed by atoms with Crippen molar-refractivity contribution in [1.29, 1.82) is 0 Å². The fourth-order valence-corrected chi connectivity index (χ4v) is 3.63. The van der Waals surface area contributed by atoms with E-state index in [0.717, 1.165) is 36.1 Å². The lowest BCUT2D eigenvalue weighted by atomic mass is 10.0. The quantitative estimate of drug-likeness (QED) is 0.422. The molecular weight excluding hydrogens is 402 g/mol. The van der Waals surface area contributed by atoms with E-state index < -0.39 is 5.97 Å². The number of aromatic carboxylic acids is 1. The van der Waals surface area contributed by atoms with Crippen LogP contribution in [0.5, 0.6) is 0 Å². The van der Waals surface area contributed by atoms with Crippen molar-refractivity contribution < 1.29 is 14.3 Å². The molecule has 32 heavy (non-hydrogen) atoms. The van der Waals surface area contributed by atoms with Gasteiger partial charge in [0.15, 0.2) is 0 Å². The molecular formula is C27H29NO4. The maximum absolute atomic E-state index is 12.6. The molecule has 4 rings (SSSR count). The second-order valence-corrected chi connectivity index (χ2v) is 8.01. The van der Waals surface area contributed by atoms with Gasteiger partial charge in [0.25, 0.3) is 0 Å². The Balaban J connectivity index is 0.000000195.